The van der Waals surface area contributed by atoms with Gasteiger partial charge in [0.2, 0.25) is 5.91 Å². The largest absolute Gasteiger partial charge is 0.493 e. The Bertz CT molecular complexity index is 1240. The summed E-state index contributed by atoms with van der Waals surface area (Å²) >= 11 is 0. The number of hydrogen-bond donors (Lipinski definition) is 1. The van der Waals surface area contributed by atoms with Crippen molar-refractivity contribution in [2.45, 2.75) is 31.7 Å². The lowest BCUT2D eigenvalue weighted by Gasteiger charge is -2.28. The van der Waals surface area contributed by atoms with E-state index in [1.54, 1.807) is 14.2 Å². The lowest BCUT2D eigenvalue weighted by atomic mass is 10.0. The molecule has 0 saturated heterocycles. The normalized spacial score (nSPS) is 19.0. The lowest BCUT2D eigenvalue weighted by Crippen LogP contribution is -2.40. The van der Waals surface area contributed by atoms with E-state index >= 15 is 0 Å². The molecule has 5 rings (SSSR count). The molecule has 1 aromatic heterocycles. The summed E-state index contributed by atoms with van der Waals surface area (Å²) in [5.74, 6) is 2.35. The summed E-state index contributed by atoms with van der Waals surface area (Å²) in [4.78, 5) is 35.4. The number of nitrogens with one attached hydrogen (secondary N) is 1. The maximum Gasteiger partial charge on any atom is 0.256 e. The number of aromatic amines is 1. The van der Waals surface area contributed by atoms with Crippen LogP contribution < -0.4 is 15.0 Å². The van der Waals surface area contributed by atoms with E-state index in [1.165, 1.54) is 5.56 Å². The minimum Gasteiger partial charge on any atom is -0.493 e. The van der Waals surface area contributed by atoms with Gasteiger partial charge in [0.1, 0.15) is 5.82 Å². The summed E-state index contributed by atoms with van der Waals surface area (Å²) in [7, 11) is 3.19. The van der Waals surface area contributed by atoms with Crippen molar-refractivity contribution in [3.63, 3.8) is 0 Å². The van der Waals surface area contributed by atoms with E-state index in [9.17, 15) is 9.59 Å². The van der Waals surface area contributed by atoms with Crippen LogP contribution in [0.15, 0.2) is 53.3 Å². The van der Waals surface area contributed by atoms with Crippen molar-refractivity contribution in [2.24, 2.45) is 5.92 Å². The van der Waals surface area contributed by atoms with Crippen LogP contribution in [0.4, 0.5) is 0 Å². The first-order chi connectivity index (χ1) is 16.1. The third kappa shape index (κ3) is 4.23. The number of amides is 1. The first-order valence-corrected chi connectivity index (χ1v) is 11.2. The zero-order valence-corrected chi connectivity index (χ0v) is 18.8. The van der Waals surface area contributed by atoms with Gasteiger partial charge in [-0.15, -0.1) is 0 Å². The highest BCUT2D eigenvalue weighted by molar-refractivity contribution is 5.83. The van der Waals surface area contributed by atoms with E-state index in [-0.39, 0.29) is 17.4 Å². The molecule has 0 bridgehead atoms. The molecule has 1 N–H and O–H groups in total. The molecule has 170 valence electrons. The molecule has 7 nitrogen and oxygen atoms in total. The third-order valence-electron chi connectivity index (χ3n) is 6.58. The molecule has 1 fully saturated rings. The van der Waals surface area contributed by atoms with Crippen molar-refractivity contribution in [3.05, 3.63) is 87.1 Å². The molecular formula is C26H27N3O4. The third-order valence-corrected chi connectivity index (χ3v) is 6.58. The predicted molar refractivity (Wildman–Crippen MR) is 124 cm³/mol. The van der Waals surface area contributed by atoms with Crippen molar-refractivity contribution in [3.8, 4) is 11.5 Å². The Balaban J connectivity index is 1.29. The molecule has 1 amide bonds. The molecule has 1 aliphatic carbocycles. The number of carbonyl (C=O) groups excluding carboxylic acids is 1. The Morgan fingerprint density at radius 2 is 1.91 bits per heavy atom. The standard InChI is InChI=1S/C26H27N3O4/c1-32-22-9-8-16(12-23(22)33-2)13-24-27-21-10-11-29(15-20(21)25(30)28-24)26(31)19-14-18(19)17-6-4-3-5-7-17/h3-9,12,18-19H,10-11,13-15H2,1-2H3,(H,27,28,30). The zero-order chi connectivity index (χ0) is 22.9. The minimum atomic E-state index is -0.164. The fourth-order valence-electron chi connectivity index (χ4n) is 4.70. The molecule has 2 aliphatic rings. The number of hydrogen-bond acceptors (Lipinski definition) is 5. The Morgan fingerprint density at radius 3 is 2.67 bits per heavy atom. The number of H-pyrrole nitrogens is 1. The average Bonchev–Trinajstić information content (AvgIpc) is 3.65. The first kappa shape index (κ1) is 21.2. The molecule has 33 heavy (non-hydrogen) atoms. The number of methoxy groups -OCH3 is 2. The number of carbonyl (C=O) groups is 1. The van der Waals surface area contributed by atoms with Crippen LogP contribution in [-0.2, 0) is 24.2 Å². The topological polar surface area (TPSA) is 84.5 Å². The van der Waals surface area contributed by atoms with E-state index < -0.39 is 0 Å². The molecule has 2 atom stereocenters. The van der Waals surface area contributed by atoms with Crippen LogP contribution in [0.1, 0.15) is 40.5 Å². The highest BCUT2D eigenvalue weighted by Gasteiger charge is 2.46. The quantitative estimate of drug-likeness (QED) is 0.630. The van der Waals surface area contributed by atoms with E-state index in [2.05, 4.69) is 17.1 Å². The monoisotopic (exact) mass is 445 g/mol. The fraction of sp³-hybridized carbons (Fsp3) is 0.346. The van der Waals surface area contributed by atoms with Gasteiger partial charge in [-0.3, -0.25) is 9.59 Å². The Morgan fingerprint density at radius 1 is 1.12 bits per heavy atom. The van der Waals surface area contributed by atoms with E-state index in [0.29, 0.717) is 54.7 Å². The number of ether oxygens (including phenoxy) is 2. The van der Waals surface area contributed by atoms with Crippen molar-refractivity contribution >= 4 is 5.91 Å². The first-order valence-electron chi connectivity index (χ1n) is 11.2. The van der Waals surface area contributed by atoms with Crippen molar-refractivity contribution in [1.82, 2.24) is 14.9 Å². The van der Waals surface area contributed by atoms with Gasteiger partial charge in [0.25, 0.3) is 5.56 Å². The van der Waals surface area contributed by atoms with Crippen LogP contribution in [0.25, 0.3) is 0 Å². The van der Waals surface area contributed by atoms with E-state index in [4.69, 9.17) is 14.5 Å². The van der Waals surface area contributed by atoms with Crippen molar-refractivity contribution in [1.29, 1.82) is 0 Å². The smallest absolute Gasteiger partial charge is 0.256 e. The van der Waals surface area contributed by atoms with Gasteiger partial charge in [-0.2, -0.15) is 0 Å². The highest BCUT2D eigenvalue weighted by atomic mass is 16.5. The molecule has 1 aliphatic heterocycles. The highest BCUT2D eigenvalue weighted by Crippen LogP contribution is 2.48. The van der Waals surface area contributed by atoms with E-state index in [1.807, 2.05) is 41.3 Å². The van der Waals surface area contributed by atoms with Gasteiger partial charge in [0.05, 0.1) is 32.0 Å². The molecule has 0 radical (unpaired) electrons. The van der Waals surface area contributed by atoms with Crippen LogP contribution in [-0.4, -0.2) is 41.5 Å². The van der Waals surface area contributed by atoms with Crippen LogP contribution in [0.2, 0.25) is 0 Å². The SMILES string of the molecule is COc1ccc(Cc2nc3c(c(=O)[nH]2)CN(C(=O)C2CC2c2ccccc2)CC3)cc1OC. The molecule has 7 heteroatoms. The van der Waals surface area contributed by atoms with Gasteiger partial charge in [-0.05, 0) is 35.6 Å². The van der Waals surface area contributed by atoms with Gasteiger partial charge in [-0.25, -0.2) is 4.98 Å². The molecule has 2 aromatic carbocycles. The summed E-state index contributed by atoms with van der Waals surface area (Å²) in [6.45, 7) is 0.918. The molecule has 1 saturated carbocycles. The van der Waals surface area contributed by atoms with Crippen molar-refractivity contribution < 1.29 is 14.3 Å². The Labute approximate surface area is 192 Å². The van der Waals surface area contributed by atoms with Crippen LogP contribution >= 0.6 is 0 Å². The minimum absolute atomic E-state index is 0.0188. The molecular weight excluding hydrogens is 418 g/mol. The Hall–Kier alpha value is -3.61. The zero-order valence-electron chi connectivity index (χ0n) is 18.8. The van der Waals surface area contributed by atoms with Gasteiger partial charge in [0.15, 0.2) is 11.5 Å². The summed E-state index contributed by atoms with van der Waals surface area (Å²) in [6.07, 6.45) is 1.95. The maximum atomic E-state index is 13.1. The number of rotatable bonds is 6. The second-order valence-corrected chi connectivity index (χ2v) is 8.67. The maximum absolute atomic E-state index is 13.1. The number of fused-ring (bicyclic) bond motifs is 1. The second-order valence-electron chi connectivity index (χ2n) is 8.67. The van der Waals surface area contributed by atoms with Gasteiger partial charge in [-0.1, -0.05) is 36.4 Å². The van der Waals surface area contributed by atoms with Crippen LogP contribution in [0.3, 0.4) is 0 Å². The van der Waals surface area contributed by atoms with Gasteiger partial charge in [0, 0.05) is 25.3 Å². The molecule has 2 unspecified atom stereocenters. The van der Waals surface area contributed by atoms with Gasteiger partial charge < -0.3 is 19.4 Å². The Kier molecular flexibility index (Phi) is 5.62. The van der Waals surface area contributed by atoms with E-state index in [0.717, 1.165) is 17.7 Å². The summed E-state index contributed by atoms with van der Waals surface area (Å²) < 4.78 is 10.7. The molecule has 2 heterocycles. The average molecular weight is 446 g/mol. The number of aromatic nitrogens is 2. The second kappa shape index (κ2) is 8.73. The summed E-state index contributed by atoms with van der Waals surface area (Å²) in [6, 6.07) is 15.8. The van der Waals surface area contributed by atoms with Crippen LogP contribution in [0, 0.1) is 5.92 Å². The number of benzene rings is 2. The lowest BCUT2D eigenvalue weighted by molar-refractivity contribution is -0.133. The van der Waals surface area contributed by atoms with Gasteiger partial charge >= 0.3 is 0 Å². The predicted octanol–water partition coefficient (Wildman–Crippen LogP) is 3.07. The fourth-order valence-corrected chi connectivity index (χ4v) is 4.70. The molecule has 0 spiro atoms. The summed E-state index contributed by atoms with van der Waals surface area (Å²) in [5, 5.41) is 0. The van der Waals surface area contributed by atoms with Crippen LogP contribution in [0.5, 0.6) is 11.5 Å². The molecule has 3 aromatic rings. The van der Waals surface area contributed by atoms with Crippen molar-refractivity contribution in [2.75, 3.05) is 20.8 Å². The summed E-state index contributed by atoms with van der Waals surface area (Å²) in [5.41, 5.74) is 3.40. The number of nitrogens with zero attached hydrogens (tertiary/aromatic N) is 2.